The average molecular weight is 416 g/mol. The molecule has 2 aromatic carbocycles. The summed E-state index contributed by atoms with van der Waals surface area (Å²) in [5, 5.41) is 3.37. The van der Waals surface area contributed by atoms with Gasteiger partial charge in [0, 0.05) is 43.1 Å². The second-order valence-corrected chi connectivity index (χ2v) is 7.76. The molecule has 29 heavy (non-hydrogen) atoms. The summed E-state index contributed by atoms with van der Waals surface area (Å²) in [4.78, 5) is 17.6. The highest BCUT2D eigenvalue weighted by Gasteiger charge is 2.20. The molecule has 2 heterocycles. The molecule has 2 aliphatic heterocycles. The third-order valence-electron chi connectivity index (χ3n) is 5.50. The molecule has 0 unspecified atom stereocenters. The number of carbonyl (C=O) groups excluding carboxylic acids is 1. The second-order valence-electron chi connectivity index (χ2n) is 7.36. The second kappa shape index (κ2) is 8.51. The Bertz CT molecular complexity index is 910. The Labute approximate surface area is 176 Å². The van der Waals surface area contributed by atoms with Crippen molar-refractivity contribution in [1.29, 1.82) is 0 Å². The van der Waals surface area contributed by atoms with Gasteiger partial charge in [-0.3, -0.25) is 4.79 Å². The van der Waals surface area contributed by atoms with Crippen LogP contribution in [0.15, 0.2) is 30.3 Å². The lowest BCUT2D eigenvalue weighted by molar-refractivity contribution is 0.102. The number of fused-ring (bicyclic) bond motifs is 1. The van der Waals surface area contributed by atoms with Crippen LogP contribution in [0.25, 0.3) is 0 Å². The van der Waals surface area contributed by atoms with Gasteiger partial charge in [0.1, 0.15) is 13.2 Å². The first kappa shape index (κ1) is 19.9. The highest BCUT2D eigenvalue weighted by molar-refractivity contribution is 6.32. The predicted octanol–water partition coefficient (Wildman–Crippen LogP) is 3.81. The summed E-state index contributed by atoms with van der Waals surface area (Å²) < 4.78 is 11.1. The lowest BCUT2D eigenvalue weighted by atomic mass is 10.1. The monoisotopic (exact) mass is 415 g/mol. The number of anilines is 2. The number of ether oxygens (including phenoxy) is 2. The van der Waals surface area contributed by atoms with Crippen LogP contribution in [0.5, 0.6) is 11.5 Å². The van der Waals surface area contributed by atoms with E-state index in [-0.39, 0.29) is 5.91 Å². The summed E-state index contributed by atoms with van der Waals surface area (Å²) in [5.41, 5.74) is 3.45. The quantitative estimate of drug-likeness (QED) is 0.822. The number of hydrogen-bond acceptors (Lipinski definition) is 5. The summed E-state index contributed by atoms with van der Waals surface area (Å²) in [5.74, 6) is 0.779. The number of likely N-dealkylation sites (N-methyl/N-ethyl adjacent to an activating group) is 1. The van der Waals surface area contributed by atoms with Crippen molar-refractivity contribution in [2.75, 3.05) is 56.2 Å². The zero-order chi connectivity index (χ0) is 20.4. The summed E-state index contributed by atoms with van der Waals surface area (Å²) in [6.07, 6.45) is 0. The predicted molar refractivity (Wildman–Crippen MR) is 116 cm³/mol. The Hall–Kier alpha value is -2.44. The molecule has 1 fully saturated rings. The van der Waals surface area contributed by atoms with Crippen LogP contribution in [0.1, 0.15) is 22.8 Å². The summed E-state index contributed by atoms with van der Waals surface area (Å²) in [6.45, 7) is 10.4. The highest BCUT2D eigenvalue weighted by atomic mass is 35.5. The normalized spacial score (nSPS) is 16.6. The molecule has 1 saturated heterocycles. The van der Waals surface area contributed by atoms with E-state index in [1.54, 1.807) is 12.1 Å². The van der Waals surface area contributed by atoms with Gasteiger partial charge in [0.05, 0.1) is 5.02 Å². The van der Waals surface area contributed by atoms with Crippen LogP contribution in [0, 0.1) is 6.92 Å². The first-order valence-electron chi connectivity index (χ1n) is 10.0. The van der Waals surface area contributed by atoms with Crippen molar-refractivity contribution in [3.05, 3.63) is 46.5 Å². The van der Waals surface area contributed by atoms with E-state index in [0.717, 1.165) is 44.0 Å². The Balaban J connectivity index is 1.47. The highest BCUT2D eigenvalue weighted by Crippen LogP contribution is 2.38. The molecule has 4 rings (SSSR count). The van der Waals surface area contributed by atoms with Crippen LogP contribution in [-0.4, -0.2) is 56.7 Å². The number of nitrogens with zero attached hydrogens (tertiary/aromatic N) is 2. The maximum absolute atomic E-state index is 12.8. The SMILES string of the molecule is CCN1CCN(c2ccc(NC(=O)c3cc(Cl)c4c(c3)OCCO4)c(C)c2)CC1. The standard InChI is InChI=1S/C22H26ClN3O3/c1-3-25-6-8-26(9-7-25)17-4-5-19(15(2)12-17)24-22(27)16-13-18(23)21-20(14-16)28-10-11-29-21/h4-5,12-14H,3,6-11H2,1-2H3,(H,24,27). The molecule has 1 amide bonds. The van der Waals surface area contributed by atoms with Crippen LogP contribution in [0.2, 0.25) is 5.02 Å². The molecule has 0 aromatic heterocycles. The number of benzene rings is 2. The molecular formula is C22H26ClN3O3. The topological polar surface area (TPSA) is 54.0 Å². The molecule has 0 saturated carbocycles. The first-order valence-corrected chi connectivity index (χ1v) is 10.4. The zero-order valence-corrected chi connectivity index (χ0v) is 17.6. The van der Waals surface area contributed by atoms with E-state index in [1.165, 1.54) is 5.69 Å². The number of aryl methyl sites for hydroxylation is 1. The zero-order valence-electron chi connectivity index (χ0n) is 16.8. The van der Waals surface area contributed by atoms with Gasteiger partial charge in [-0.2, -0.15) is 0 Å². The smallest absolute Gasteiger partial charge is 0.255 e. The molecule has 0 atom stereocenters. The molecule has 1 N–H and O–H groups in total. The number of halogens is 1. The lowest BCUT2D eigenvalue weighted by Crippen LogP contribution is -2.46. The Morgan fingerprint density at radius 1 is 1.10 bits per heavy atom. The fourth-order valence-electron chi connectivity index (χ4n) is 3.74. The Morgan fingerprint density at radius 3 is 2.59 bits per heavy atom. The lowest BCUT2D eigenvalue weighted by Gasteiger charge is -2.35. The molecule has 7 heteroatoms. The molecule has 0 spiro atoms. The van der Waals surface area contributed by atoms with Crippen LogP contribution < -0.4 is 19.7 Å². The van der Waals surface area contributed by atoms with Crippen LogP contribution in [-0.2, 0) is 0 Å². The van der Waals surface area contributed by atoms with E-state index in [4.69, 9.17) is 21.1 Å². The summed E-state index contributed by atoms with van der Waals surface area (Å²) in [6, 6.07) is 9.46. The van der Waals surface area contributed by atoms with Crippen molar-refractivity contribution in [1.82, 2.24) is 4.90 Å². The molecule has 2 aliphatic rings. The third kappa shape index (κ3) is 4.28. The number of piperazine rings is 1. The number of nitrogens with one attached hydrogen (secondary N) is 1. The van der Waals surface area contributed by atoms with E-state index >= 15 is 0 Å². The summed E-state index contributed by atoms with van der Waals surface area (Å²) >= 11 is 6.26. The van der Waals surface area contributed by atoms with Crippen molar-refractivity contribution in [2.45, 2.75) is 13.8 Å². The van der Waals surface area contributed by atoms with Crippen molar-refractivity contribution < 1.29 is 14.3 Å². The maximum Gasteiger partial charge on any atom is 0.255 e. The van der Waals surface area contributed by atoms with E-state index in [9.17, 15) is 4.79 Å². The number of carbonyl (C=O) groups is 1. The van der Waals surface area contributed by atoms with Crippen LogP contribution in [0.4, 0.5) is 11.4 Å². The fourth-order valence-corrected chi connectivity index (χ4v) is 4.01. The fraction of sp³-hybridized carbons (Fsp3) is 0.409. The Kier molecular flexibility index (Phi) is 5.83. The minimum atomic E-state index is -0.226. The van der Waals surface area contributed by atoms with Crippen molar-refractivity contribution in [2.24, 2.45) is 0 Å². The summed E-state index contributed by atoms with van der Waals surface area (Å²) in [7, 11) is 0. The first-order chi connectivity index (χ1) is 14.0. The van der Waals surface area contributed by atoms with E-state index in [0.29, 0.717) is 35.3 Å². The third-order valence-corrected chi connectivity index (χ3v) is 5.78. The van der Waals surface area contributed by atoms with Gasteiger partial charge in [0.25, 0.3) is 5.91 Å². The molecule has 6 nitrogen and oxygen atoms in total. The molecular weight excluding hydrogens is 390 g/mol. The minimum absolute atomic E-state index is 0.226. The van der Waals surface area contributed by atoms with Crippen molar-refractivity contribution in [3.8, 4) is 11.5 Å². The van der Waals surface area contributed by atoms with Gasteiger partial charge in [0.2, 0.25) is 0 Å². The largest absolute Gasteiger partial charge is 0.486 e. The molecule has 0 bridgehead atoms. The van der Waals surface area contributed by atoms with Crippen molar-refractivity contribution >= 4 is 28.9 Å². The van der Waals surface area contributed by atoms with Gasteiger partial charge < -0.3 is 24.6 Å². The number of hydrogen-bond donors (Lipinski definition) is 1. The van der Waals surface area contributed by atoms with Crippen LogP contribution >= 0.6 is 11.6 Å². The van der Waals surface area contributed by atoms with Gasteiger partial charge in [-0.15, -0.1) is 0 Å². The van der Waals surface area contributed by atoms with Gasteiger partial charge in [-0.25, -0.2) is 0 Å². The molecule has 154 valence electrons. The maximum atomic E-state index is 12.8. The molecule has 2 aromatic rings. The molecule has 0 radical (unpaired) electrons. The number of rotatable bonds is 4. The van der Waals surface area contributed by atoms with Gasteiger partial charge in [-0.05, 0) is 49.4 Å². The minimum Gasteiger partial charge on any atom is -0.486 e. The van der Waals surface area contributed by atoms with E-state index in [1.807, 2.05) is 13.0 Å². The van der Waals surface area contributed by atoms with Gasteiger partial charge >= 0.3 is 0 Å². The van der Waals surface area contributed by atoms with Gasteiger partial charge in [-0.1, -0.05) is 18.5 Å². The van der Waals surface area contributed by atoms with Crippen LogP contribution in [0.3, 0.4) is 0 Å². The molecule has 0 aliphatic carbocycles. The van der Waals surface area contributed by atoms with E-state index < -0.39 is 0 Å². The van der Waals surface area contributed by atoms with Gasteiger partial charge in [0.15, 0.2) is 11.5 Å². The van der Waals surface area contributed by atoms with E-state index in [2.05, 4.69) is 34.2 Å². The average Bonchev–Trinajstić information content (AvgIpc) is 2.75. The Morgan fingerprint density at radius 2 is 1.86 bits per heavy atom. The number of amides is 1. The van der Waals surface area contributed by atoms with Crippen molar-refractivity contribution in [3.63, 3.8) is 0 Å².